The van der Waals surface area contributed by atoms with E-state index in [2.05, 4.69) is 5.32 Å². The van der Waals surface area contributed by atoms with Gasteiger partial charge in [-0.05, 0) is 35.4 Å². The third-order valence-corrected chi connectivity index (χ3v) is 3.86. The van der Waals surface area contributed by atoms with E-state index in [4.69, 9.17) is 9.88 Å². The predicted octanol–water partition coefficient (Wildman–Crippen LogP) is 1.66. The lowest BCUT2D eigenvalue weighted by Crippen LogP contribution is -2.15. The SMILES string of the molecule is COc1ccc(CC(=O)Nc2ccc(CS(N)(=O)=O)cc2)cc1. The molecule has 0 aliphatic rings. The topological polar surface area (TPSA) is 98.5 Å². The van der Waals surface area contributed by atoms with Crippen LogP contribution in [0.1, 0.15) is 11.1 Å². The van der Waals surface area contributed by atoms with Crippen LogP contribution < -0.4 is 15.2 Å². The van der Waals surface area contributed by atoms with E-state index >= 15 is 0 Å². The number of nitrogens with one attached hydrogen (secondary N) is 1. The fourth-order valence-electron chi connectivity index (χ4n) is 2.05. The molecule has 2 aromatic rings. The van der Waals surface area contributed by atoms with Crippen LogP contribution >= 0.6 is 0 Å². The van der Waals surface area contributed by atoms with E-state index in [1.54, 1.807) is 43.5 Å². The number of benzene rings is 2. The minimum atomic E-state index is -3.56. The highest BCUT2D eigenvalue weighted by Gasteiger charge is 2.07. The van der Waals surface area contributed by atoms with E-state index < -0.39 is 10.0 Å². The molecule has 0 aliphatic heterocycles. The number of primary sulfonamides is 1. The van der Waals surface area contributed by atoms with Gasteiger partial charge in [0.15, 0.2) is 0 Å². The summed E-state index contributed by atoms with van der Waals surface area (Å²) < 4.78 is 27.1. The third-order valence-electron chi connectivity index (χ3n) is 3.13. The van der Waals surface area contributed by atoms with Gasteiger partial charge < -0.3 is 10.1 Å². The summed E-state index contributed by atoms with van der Waals surface area (Å²) >= 11 is 0. The van der Waals surface area contributed by atoms with Crippen molar-refractivity contribution in [3.63, 3.8) is 0 Å². The summed E-state index contributed by atoms with van der Waals surface area (Å²) in [6.45, 7) is 0. The second kappa shape index (κ2) is 7.26. The van der Waals surface area contributed by atoms with Crippen molar-refractivity contribution in [2.24, 2.45) is 5.14 Å². The molecule has 0 spiro atoms. The first-order valence-electron chi connectivity index (χ1n) is 6.88. The summed E-state index contributed by atoms with van der Waals surface area (Å²) in [5.74, 6) is 0.349. The van der Waals surface area contributed by atoms with Crippen LogP contribution in [0.25, 0.3) is 0 Å². The molecule has 7 heteroatoms. The van der Waals surface area contributed by atoms with E-state index in [0.29, 0.717) is 11.3 Å². The Hall–Kier alpha value is -2.38. The van der Waals surface area contributed by atoms with Crippen molar-refractivity contribution in [3.8, 4) is 5.75 Å². The lowest BCUT2D eigenvalue weighted by Gasteiger charge is -2.07. The quantitative estimate of drug-likeness (QED) is 0.839. The minimum absolute atomic E-state index is 0.158. The first-order chi connectivity index (χ1) is 10.9. The van der Waals surface area contributed by atoms with Gasteiger partial charge in [-0.3, -0.25) is 4.79 Å². The Kier molecular flexibility index (Phi) is 5.36. The molecule has 0 radical (unpaired) electrons. The number of rotatable bonds is 6. The van der Waals surface area contributed by atoms with Crippen LogP contribution in [0.5, 0.6) is 5.75 Å². The van der Waals surface area contributed by atoms with Crippen LogP contribution in [0.2, 0.25) is 0 Å². The zero-order valence-corrected chi connectivity index (χ0v) is 13.5. The Morgan fingerprint density at radius 3 is 2.13 bits per heavy atom. The number of hydrogen-bond acceptors (Lipinski definition) is 4. The number of hydrogen-bond donors (Lipinski definition) is 2. The molecule has 0 fully saturated rings. The summed E-state index contributed by atoms with van der Waals surface area (Å²) in [6, 6.07) is 13.8. The largest absolute Gasteiger partial charge is 0.497 e. The van der Waals surface area contributed by atoms with Gasteiger partial charge in [-0.15, -0.1) is 0 Å². The molecule has 6 nitrogen and oxygen atoms in total. The fraction of sp³-hybridized carbons (Fsp3) is 0.188. The Bertz CT molecular complexity index is 769. The Balaban J connectivity index is 1.94. The number of amides is 1. The van der Waals surface area contributed by atoms with Crippen LogP contribution in [-0.4, -0.2) is 21.4 Å². The van der Waals surface area contributed by atoms with Crippen LogP contribution in [0.4, 0.5) is 5.69 Å². The van der Waals surface area contributed by atoms with E-state index in [-0.39, 0.29) is 18.1 Å². The third kappa shape index (κ3) is 5.72. The minimum Gasteiger partial charge on any atom is -0.497 e. The predicted molar refractivity (Wildman–Crippen MR) is 88.6 cm³/mol. The van der Waals surface area contributed by atoms with Crippen molar-refractivity contribution in [3.05, 3.63) is 59.7 Å². The Morgan fingerprint density at radius 1 is 1.04 bits per heavy atom. The maximum Gasteiger partial charge on any atom is 0.228 e. The standard InChI is InChI=1S/C16H18N2O4S/c1-22-15-8-4-12(5-9-15)10-16(19)18-14-6-2-13(3-7-14)11-23(17,20)21/h2-9H,10-11H2,1H3,(H,18,19)(H2,17,20,21). The molecule has 23 heavy (non-hydrogen) atoms. The molecule has 1 amide bonds. The average Bonchev–Trinajstić information content (AvgIpc) is 2.48. The van der Waals surface area contributed by atoms with Crippen molar-refractivity contribution < 1.29 is 17.9 Å². The zero-order chi connectivity index (χ0) is 16.9. The zero-order valence-electron chi connectivity index (χ0n) is 12.7. The van der Waals surface area contributed by atoms with Crippen LogP contribution in [0.3, 0.4) is 0 Å². The van der Waals surface area contributed by atoms with Crippen molar-refractivity contribution in [2.45, 2.75) is 12.2 Å². The second-order valence-electron chi connectivity index (χ2n) is 5.08. The number of carbonyl (C=O) groups excluding carboxylic acids is 1. The highest BCUT2D eigenvalue weighted by molar-refractivity contribution is 7.88. The van der Waals surface area contributed by atoms with Crippen molar-refractivity contribution in [1.82, 2.24) is 0 Å². The number of ether oxygens (including phenoxy) is 1. The summed E-state index contributed by atoms with van der Waals surface area (Å²) in [7, 11) is -1.97. The van der Waals surface area contributed by atoms with Crippen molar-refractivity contribution in [2.75, 3.05) is 12.4 Å². The van der Waals surface area contributed by atoms with Crippen molar-refractivity contribution in [1.29, 1.82) is 0 Å². The molecule has 122 valence electrons. The number of carbonyl (C=O) groups is 1. The molecule has 0 atom stereocenters. The Labute approximate surface area is 135 Å². The molecule has 3 N–H and O–H groups in total. The molecule has 0 aromatic heterocycles. The maximum absolute atomic E-state index is 12.0. The number of anilines is 1. The smallest absolute Gasteiger partial charge is 0.228 e. The first kappa shape index (κ1) is 17.0. The molecular weight excluding hydrogens is 316 g/mol. The fourth-order valence-corrected chi connectivity index (χ4v) is 2.71. The lowest BCUT2D eigenvalue weighted by molar-refractivity contribution is -0.115. The molecular formula is C16H18N2O4S. The summed E-state index contributed by atoms with van der Waals surface area (Å²) in [4.78, 5) is 12.0. The Morgan fingerprint density at radius 2 is 1.61 bits per heavy atom. The van der Waals surface area contributed by atoms with Gasteiger partial charge in [0.2, 0.25) is 15.9 Å². The van der Waals surface area contributed by atoms with Crippen molar-refractivity contribution >= 4 is 21.6 Å². The van der Waals surface area contributed by atoms with Crippen LogP contribution in [0, 0.1) is 0 Å². The second-order valence-corrected chi connectivity index (χ2v) is 6.69. The number of methoxy groups -OCH3 is 1. The highest BCUT2D eigenvalue weighted by atomic mass is 32.2. The van der Waals surface area contributed by atoms with Gasteiger partial charge in [0.05, 0.1) is 19.3 Å². The normalized spacial score (nSPS) is 11.0. The lowest BCUT2D eigenvalue weighted by atomic mass is 10.1. The number of nitrogens with two attached hydrogens (primary N) is 1. The van der Waals surface area contributed by atoms with Crippen LogP contribution in [-0.2, 0) is 27.0 Å². The monoisotopic (exact) mass is 334 g/mol. The van der Waals surface area contributed by atoms with Gasteiger partial charge in [0, 0.05) is 5.69 Å². The molecule has 2 aromatic carbocycles. The maximum atomic E-state index is 12.0. The molecule has 0 saturated heterocycles. The molecule has 2 rings (SSSR count). The van der Waals surface area contributed by atoms with E-state index in [0.717, 1.165) is 11.3 Å². The molecule has 0 heterocycles. The number of sulfonamides is 1. The molecule has 0 bridgehead atoms. The average molecular weight is 334 g/mol. The van der Waals surface area contributed by atoms with E-state index in [1.807, 2.05) is 12.1 Å². The van der Waals surface area contributed by atoms with Gasteiger partial charge in [0.1, 0.15) is 5.75 Å². The first-order valence-corrected chi connectivity index (χ1v) is 8.59. The summed E-state index contributed by atoms with van der Waals surface area (Å²) in [6.07, 6.45) is 0.239. The summed E-state index contributed by atoms with van der Waals surface area (Å²) in [5.41, 5.74) is 2.04. The van der Waals surface area contributed by atoms with Gasteiger partial charge in [-0.2, -0.15) is 0 Å². The highest BCUT2D eigenvalue weighted by Crippen LogP contribution is 2.14. The van der Waals surface area contributed by atoms with Gasteiger partial charge >= 0.3 is 0 Å². The summed E-state index contributed by atoms with van der Waals surface area (Å²) in [5, 5.41) is 7.74. The van der Waals surface area contributed by atoms with Gasteiger partial charge in [-0.25, -0.2) is 13.6 Å². The van der Waals surface area contributed by atoms with Gasteiger partial charge in [0.25, 0.3) is 0 Å². The molecule has 0 saturated carbocycles. The van der Waals surface area contributed by atoms with E-state index in [9.17, 15) is 13.2 Å². The van der Waals surface area contributed by atoms with Gasteiger partial charge in [-0.1, -0.05) is 24.3 Å². The van der Waals surface area contributed by atoms with E-state index in [1.165, 1.54) is 0 Å². The van der Waals surface area contributed by atoms with Crippen LogP contribution in [0.15, 0.2) is 48.5 Å². The molecule has 0 unspecified atom stereocenters. The molecule has 0 aliphatic carbocycles.